The Bertz CT molecular complexity index is 676. The molecule has 1 aliphatic rings. The SMILES string of the molecule is CN1CCN(C(=O)COc2ccc(Br)cc2)C(c2ccccc2)C1. The molecule has 0 N–H and O–H groups in total. The molecule has 0 saturated carbocycles. The minimum absolute atomic E-state index is 0.0277. The third-order valence-corrected chi connectivity index (χ3v) is 4.79. The number of halogens is 1. The van der Waals surface area contributed by atoms with Crippen LogP contribution in [0.2, 0.25) is 0 Å². The number of hydrogen-bond donors (Lipinski definition) is 0. The number of piperazine rings is 1. The van der Waals surface area contributed by atoms with Crippen molar-refractivity contribution in [2.75, 3.05) is 33.3 Å². The first-order chi connectivity index (χ1) is 11.6. The number of carbonyl (C=O) groups is 1. The molecule has 24 heavy (non-hydrogen) atoms. The maximum atomic E-state index is 12.7. The predicted octanol–water partition coefficient (Wildman–Crippen LogP) is 3.34. The van der Waals surface area contributed by atoms with Gasteiger partial charge in [-0.15, -0.1) is 0 Å². The van der Waals surface area contributed by atoms with Crippen molar-refractivity contribution in [3.63, 3.8) is 0 Å². The number of rotatable bonds is 4. The van der Waals surface area contributed by atoms with Gasteiger partial charge in [-0.1, -0.05) is 46.3 Å². The molecule has 1 aliphatic heterocycles. The average molecular weight is 389 g/mol. The van der Waals surface area contributed by atoms with Crippen LogP contribution < -0.4 is 4.74 Å². The second-order valence-electron chi connectivity index (χ2n) is 6.02. The van der Waals surface area contributed by atoms with Crippen LogP contribution >= 0.6 is 15.9 Å². The zero-order valence-electron chi connectivity index (χ0n) is 13.7. The maximum absolute atomic E-state index is 12.7. The molecule has 0 aliphatic carbocycles. The van der Waals surface area contributed by atoms with Crippen molar-refractivity contribution < 1.29 is 9.53 Å². The zero-order valence-corrected chi connectivity index (χ0v) is 15.3. The highest BCUT2D eigenvalue weighted by Gasteiger charge is 2.30. The Morgan fingerprint density at radius 1 is 1.12 bits per heavy atom. The summed E-state index contributed by atoms with van der Waals surface area (Å²) in [4.78, 5) is 16.9. The van der Waals surface area contributed by atoms with Crippen molar-refractivity contribution in [2.24, 2.45) is 0 Å². The largest absolute Gasteiger partial charge is 0.484 e. The van der Waals surface area contributed by atoms with E-state index in [1.807, 2.05) is 47.4 Å². The van der Waals surface area contributed by atoms with Gasteiger partial charge >= 0.3 is 0 Å². The normalized spacial score (nSPS) is 18.4. The van der Waals surface area contributed by atoms with Crippen molar-refractivity contribution in [1.82, 2.24) is 9.80 Å². The second-order valence-corrected chi connectivity index (χ2v) is 6.93. The summed E-state index contributed by atoms with van der Waals surface area (Å²) in [5.41, 5.74) is 1.17. The molecule has 0 bridgehead atoms. The number of nitrogens with zero attached hydrogens (tertiary/aromatic N) is 2. The van der Waals surface area contributed by atoms with Gasteiger partial charge in [0.05, 0.1) is 6.04 Å². The van der Waals surface area contributed by atoms with E-state index in [4.69, 9.17) is 4.74 Å². The molecule has 126 valence electrons. The molecular formula is C19H21BrN2O2. The van der Waals surface area contributed by atoms with Gasteiger partial charge in [-0.25, -0.2) is 0 Å². The third-order valence-electron chi connectivity index (χ3n) is 4.26. The molecule has 1 fully saturated rings. The summed E-state index contributed by atoms with van der Waals surface area (Å²) >= 11 is 3.39. The molecule has 1 atom stereocenters. The number of hydrogen-bond acceptors (Lipinski definition) is 3. The molecule has 5 heteroatoms. The summed E-state index contributed by atoms with van der Waals surface area (Å²) in [5, 5.41) is 0. The van der Waals surface area contributed by atoms with Gasteiger partial charge in [0, 0.05) is 24.1 Å². The number of likely N-dealkylation sites (N-methyl/N-ethyl adjacent to an activating group) is 1. The number of amides is 1. The standard InChI is InChI=1S/C19H21BrN2O2/c1-21-11-12-22(18(13-21)15-5-3-2-4-6-15)19(23)14-24-17-9-7-16(20)8-10-17/h2-10,18H,11-14H2,1H3. The summed E-state index contributed by atoms with van der Waals surface area (Å²) in [7, 11) is 2.09. The van der Waals surface area contributed by atoms with E-state index in [9.17, 15) is 4.79 Å². The monoisotopic (exact) mass is 388 g/mol. The minimum atomic E-state index is 0.0277. The zero-order chi connectivity index (χ0) is 16.9. The van der Waals surface area contributed by atoms with Gasteiger partial charge in [0.25, 0.3) is 5.91 Å². The Hall–Kier alpha value is -1.85. The van der Waals surface area contributed by atoms with Crippen molar-refractivity contribution in [2.45, 2.75) is 6.04 Å². The Morgan fingerprint density at radius 3 is 2.54 bits per heavy atom. The molecule has 2 aromatic rings. The van der Waals surface area contributed by atoms with E-state index in [1.165, 1.54) is 5.56 Å². The van der Waals surface area contributed by atoms with Crippen molar-refractivity contribution in [3.05, 3.63) is 64.6 Å². The van der Waals surface area contributed by atoms with E-state index >= 15 is 0 Å². The van der Waals surface area contributed by atoms with Gasteiger partial charge in [-0.3, -0.25) is 4.79 Å². The van der Waals surface area contributed by atoms with Crippen LogP contribution in [0.25, 0.3) is 0 Å². The first-order valence-electron chi connectivity index (χ1n) is 8.05. The maximum Gasteiger partial charge on any atom is 0.261 e. The second kappa shape index (κ2) is 7.81. The smallest absolute Gasteiger partial charge is 0.261 e. The fourth-order valence-electron chi connectivity index (χ4n) is 2.94. The van der Waals surface area contributed by atoms with Crippen LogP contribution in [0.5, 0.6) is 5.75 Å². The highest BCUT2D eigenvalue weighted by Crippen LogP contribution is 2.25. The highest BCUT2D eigenvalue weighted by molar-refractivity contribution is 9.10. The van der Waals surface area contributed by atoms with Crippen molar-refractivity contribution in [1.29, 1.82) is 0 Å². The molecule has 2 aromatic carbocycles. The van der Waals surface area contributed by atoms with E-state index in [2.05, 4.69) is 40.0 Å². The fourth-order valence-corrected chi connectivity index (χ4v) is 3.20. The molecule has 1 unspecified atom stereocenters. The Kier molecular flexibility index (Phi) is 5.53. The molecule has 0 radical (unpaired) electrons. The quantitative estimate of drug-likeness (QED) is 0.804. The van der Waals surface area contributed by atoms with E-state index in [1.54, 1.807) is 0 Å². The number of ether oxygens (including phenoxy) is 1. The molecular weight excluding hydrogens is 368 g/mol. The van der Waals surface area contributed by atoms with Gasteiger partial charge in [0.1, 0.15) is 5.75 Å². The summed E-state index contributed by atoms with van der Waals surface area (Å²) in [6.07, 6.45) is 0. The van der Waals surface area contributed by atoms with Gasteiger partial charge in [0.2, 0.25) is 0 Å². The lowest BCUT2D eigenvalue weighted by atomic mass is 10.0. The molecule has 4 nitrogen and oxygen atoms in total. The van der Waals surface area contributed by atoms with Gasteiger partial charge in [0.15, 0.2) is 6.61 Å². The lowest BCUT2D eigenvalue weighted by Gasteiger charge is -2.40. The highest BCUT2D eigenvalue weighted by atomic mass is 79.9. The summed E-state index contributed by atoms with van der Waals surface area (Å²) < 4.78 is 6.65. The number of carbonyl (C=O) groups excluding carboxylic acids is 1. The van der Waals surface area contributed by atoms with Gasteiger partial charge in [-0.05, 0) is 36.9 Å². The molecule has 1 heterocycles. The van der Waals surface area contributed by atoms with E-state index in [0.29, 0.717) is 5.75 Å². The average Bonchev–Trinajstić information content (AvgIpc) is 2.61. The number of benzene rings is 2. The Labute approximate surface area is 151 Å². The fraction of sp³-hybridized carbons (Fsp3) is 0.316. The Morgan fingerprint density at radius 2 is 1.83 bits per heavy atom. The topological polar surface area (TPSA) is 32.8 Å². The third kappa shape index (κ3) is 4.16. The van der Waals surface area contributed by atoms with Gasteiger partial charge in [-0.2, -0.15) is 0 Å². The first kappa shape index (κ1) is 17.0. The molecule has 1 saturated heterocycles. The first-order valence-corrected chi connectivity index (χ1v) is 8.84. The lowest BCUT2D eigenvalue weighted by Crippen LogP contribution is -2.50. The molecule has 0 spiro atoms. The van der Waals surface area contributed by atoms with Crippen LogP contribution in [0.15, 0.2) is 59.1 Å². The van der Waals surface area contributed by atoms with Crippen LogP contribution in [0.4, 0.5) is 0 Å². The lowest BCUT2D eigenvalue weighted by molar-refractivity contribution is -0.138. The predicted molar refractivity (Wildman–Crippen MR) is 98.0 cm³/mol. The van der Waals surface area contributed by atoms with Crippen LogP contribution in [0.1, 0.15) is 11.6 Å². The van der Waals surface area contributed by atoms with E-state index in [-0.39, 0.29) is 18.6 Å². The summed E-state index contributed by atoms with van der Waals surface area (Å²) in [6.45, 7) is 2.51. The Balaban J connectivity index is 1.68. The molecule has 3 rings (SSSR count). The van der Waals surface area contributed by atoms with E-state index in [0.717, 1.165) is 24.1 Å². The van der Waals surface area contributed by atoms with Crippen molar-refractivity contribution in [3.8, 4) is 5.75 Å². The molecule has 0 aromatic heterocycles. The minimum Gasteiger partial charge on any atom is -0.484 e. The summed E-state index contributed by atoms with van der Waals surface area (Å²) in [6, 6.07) is 17.8. The molecule has 1 amide bonds. The van der Waals surface area contributed by atoms with Crippen molar-refractivity contribution >= 4 is 21.8 Å². The van der Waals surface area contributed by atoms with Crippen LogP contribution in [-0.4, -0.2) is 49.0 Å². The summed E-state index contributed by atoms with van der Waals surface area (Å²) in [5.74, 6) is 0.733. The van der Waals surface area contributed by atoms with Crippen LogP contribution in [-0.2, 0) is 4.79 Å². The van der Waals surface area contributed by atoms with Crippen LogP contribution in [0, 0.1) is 0 Å². The van der Waals surface area contributed by atoms with Gasteiger partial charge < -0.3 is 14.5 Å². The van der Waals surface area contributed by atoms with E-state index < -0.39 is 0 Å². The van der Waals surface area contributed by atoms with Crippen LogP contribution in [0.3, 0.4) is 0 Å².